The predicted octanol–water partition coefficient (Wildman–Crippen LogP) is 2.58. The number of para-hydroxylation sites is 1. The standard InChI is InChI=1S/C15H15N5/c1-12-6-5-7-13(10-12)11-16-15-17-18-19-20(15)14-8-3-2-4-9-14/h2-10H,11H2,1H3,(H,16,17,19). The van der Waals surface area contributed by atoms with Crippen molar-refractivity contribution < 1.29 is 0 Å². The fraction of sp³-hybridized carbons (Fsp3) is 0.133. The maximum atomic E-state index is 4.02. The van der Waals surface area contributed by atoms with Crippen molar-refractivity contribution in [2.75, 3.05) is 5.32 Å². The van der Waals surface area contributed by atoms with E-state index in [2.05, 4.69) is 46.0 Å². The summed E-state index contributed by atoms with van der Waals surface area (Å²) in [6.07, 6.45) is 0. The van der Waals surface area contributed by atoms with E-state index in [0.29, 0.717) is 12.5 Å². The number of aryl methyl sites for hydroxylation is 1. The van der Waals surface area contributed by atoms with Gasteiger partial charge in [0.15, 0.2) is 0 Å². The molecule has 1 aromatic heterocycles. The van der Waals surface area contributed by atoms with E-state index in [-0.39, 0.29) is 0 Å². The molecule has 1 heterocycles. The second-order valence-corrected chi connectivity index (χ2v) is 4.59. The van der Waals surface area contributed by atoms with E-state index >= 15 is 0 Å². The molecule has 0 aliphatic heterocycles. The van der Waals surface area contributed by atoms with E-state index in [9.17, 15) is 0 Å². The summed E-state index contributed by atoms with van der Waals surface area (Å²) in [4.78, 5) is 0. The Bertz CT molecular complexity index is 690. The molecule has 0 bridgehead atoms. The molecule has 0 spiro atoms. The third-order valence-corrected chi connectivity index (χ3v) is 3.00. The van der Waals surface area contributed by atoms with Crippen LogP contribution in [-0.2, 0) is 6.54 Å². The van der Waals surface area contributed by atoms with Gasteiger partial charge < -0.3 is 5.32 Å². The van der Waals surface area contributed by atoms with Gasteiger partial charge in [-0.2, -0.15) is 4.68 Å². The minimum Gasteiger partial charge on any atom is -0.349 e. The highest BCUT2D eigenvalue weighted by Gasteiger charge is 2.07. The van der Waals surface area contributed by atoms with Crippen LogP contribution in [0.2, 0.25) is 0 Å². The van der Waals surface area contributed by atoms with Gasteiger partial charge in [0, 0.05) is 6.54 Å². The SMILES string of the molecule is Cc1cccc(CNc2nnnn2-c2ccccc2)c1. The molecular formula is C15H15N5. The molecule has 0 unspecified atom stereocenters. The summed E-state index contributed by atoms with van der Waals surface area (Å²) in [5.74, 6) is 0.637. The van der Waals surface area contributed by atoms with Gasteiger partial charge in [0.25, 0.3) is 0 Å². The Balaban J connectivity index is 1.78. The molecule has 0 fully saturated rings. The molecular weight excluding hydrogens is 250 g/mol. The van der Waals surface area contributed by atoms with E-state index in [4.69, 9.17) is 0 Å². The second kappa shape index (κ2) is 5.52. The van der Waals surface area contributed by atoms with Crippen molar-refractivity contribution in [3.63, 3.8) is 0 Å². The molecule has 3 aromatic rings. The third kappa shape index (κ3) is 2.66. The van der Waals surface area contributed by atoms with Crippen LogP contribution in [0.1, 0.15) is 11.1 Å². The van der Waals surface area contributed by atoms with Crippen molar-refractivity contribution in [2.45, 2.75) is 13.5 Å². The molecule has 0 atom stereocenters. The summed E-state index contributed by atoms with van der Waals surface area (Å²) in [5, 5.41) is 15.0. The second-order valence-electron chi connectivity index (χ2n) is 4.59. The highest BCUT2D eigenvalue weighted by atomic mass is 15.6. The molecule has 1 N–H and O–H groups in total. The highest BCUT2D eigenvalue weighted by Crippen LogP contribution is 2.12. The molecule has 5 nitrogen and oxygen atoms in total. The van der Waals surface area contributed by atoms with Gasteiger partial charge in [0.05, 0.1) is 5.69 Å². The molecule has 3 rings (SSSR count). The summed E-state index contributed by atoms with van der Waals surface area (Å²) in [6.45, 7) is 2.77. The Kier molecular flexibility index (Phi) is 3.41. The average Bonchev–Trinajstić information content (AvgIpc) is 2.95. The van der Waals surface area contributed by atoms with Crippen molar-refractivity contribution in [2.24, 2.45) is 0 Å². The van der Waals surface area contributed by atoms with Crippen LogP contribution in [0.25, 0.3) is 5.69 Å². The minimum atomic E-state index is 0.637. The summed E-state index contributed by atoms with van der Waals surface area (Å²) in [7, 11) is 0. The van der Waals surface area contributed by atoms with E-state index in [0.717, 1.165) is 5.69 Å². The zero-order chi connectivity index (χ0) is 13.8. The van der Waals surface area contributed by atoms with Crippen molar-refractivity contribution in [1.29, 1.82) is 0 Å². The van der Waals surface area contributed by atoms with Crippen LogP contribution >= 0.6 is 0 Å². The van der Waals surface area contributed by atoms with Crippen molar-refractivity contribution in [3.8, 4) is 5.69 Å². The maximum Gasteiger partial charge on any atom is 0.248 e. The topological polar surface area (TPSA) is 55.6 Å². The maximum absolute atomic E-state index is 4.02. The van der Waals surface area contributed by atoms with Gasteiger partial charge in [-0.15, -0.1) is 0 Å². The number of nitrogens with one attached hydrogen (secondary N) is 1. The smallest absolute Gasteiger partial charge is 0.248 e. The lowest BCUT2D eigenvalue weighted by Crippen LogP contribution is -2.07. The molecule has 0 aliphatic carbocycles. The van der Waals surface area contributed by atoms with Gasteiger partial charge in [-0.1, -0.05) is 53.1 Å². The fourth-order valence-electron chi connectivity index (χ4n) is 2.04. The summed E-state index contributed by atoms with van der Waals surface area (Å²) >= 11 is 0. The number of rotatable bonds is 4. The molecule has 0 radical (unpaired) electrons. The van der Waals surface area contributed by atoms with Gasteiger partial charge in [0.1, 0.15) is 0 Å². The zero-order valence-corrected chi connectivity index (χ0v) is 11.2. The quantitative estimate of drug-likeness (QED) is 0.787. The number of tetrazole rings is 1. The zero-order valence-electron chi connectivity index (χ0n) is 11.2. The molecule has 0 amide bonds. The first-order chi connectivity index (χ1) is 9.83. The summed E-state index contributed by atoms with van der Waals surface area (Å²) in [5.41, 5.74) is 3.38. The molecule has 5 heteroatoms. The van der Waals surface area contributed by atoms with Gasteiger partial charge in [0.2, 0.25) is 5.95 Å². The Labute approximate surface area is 117 Å². The Hall–Kier alpha value is -2.69. The lowest BCUT2D eigenvalue weighted by atomic mass is 10.1. The van der Waals surface area contributed by atoms with E-state index in [1.54, 1.807) is 4.68 Å². The van der Waals surface area contributed by atoms with E-state index in [1.807, 2.05) is 36.4 Å². The molecule has 20 heavy (non-hydrogen) atoms. The van der Waals surface area contributed by atoms with Crippen LogP contribution in [0.15, 0.2) is 54.6 Å². The van der Waals surface area contributed by atoms with E-state index < -0.39 is 0 Å². The normalized spacial score (nSPS) is 10.4. The lowest BCUT2D eigenvalue weighted by Gasteiger charge is -2.07. The predicted molar refractivity (Wildman–Crippen MR) is 77.7 cm³/mol. The van der Waals surface area contributed by atoms with Gasteiger partial charge in [-0.25, -0.2) is 0 Å². The van der Waals surface area contributed by atoms with Crippen LogP contribution in [-0.4, -0.2) is 20.2 Å². The van der Waals surface area contributed by atoms with Crippen molar-refractivity contribution in [3.05, 3.63) is 65.7 Å². The minimum absolute atomic E-state index is 0.637. The molecule has 2 aromatic carbocycles. The first-order valence-corrected chi connectivity index (χ1v) is 6.46. The van der Waals surface area contributed by atoms with Gasteiger partial charge >= 0.3 is 0 Å². The van der Waals surface area contributed by atoms with Crippen molar-refractivity contribution >= 4 is 5.95 Å². The average molecular weight is 265 g/mol. The van der Waals surface area contributed by atoms with Crippen molar-refractivity contribution in [1.82, 2.24) is 20.2 Å². The fourth-order valence-corrected chi connectivity index (χ4v) is 2.04. The van der Waals surface area contributed by atoms with Crippen LogP contribution in [0, 0.1) is 6.92 Å². The van der Waals surface area contributed by atoms with Gasteiger partial charge in [-0.05, 0) is 35.0 Å². The number of anilines is 1. The Morgan fingerprint density at radius 1 is 1.05 bits per heavy atom. The first-order valence-electron chi connectivity index (χ1n) is 6.46. The van der Waals surface area contributed by atoms with Crippen LogP contribution in [0.3, 0.4) is 0 Å². The van der Waals surface area contributed by atoms with Crippen LogP contribution < -0.4 is 5.32 Å². The third-order valence-electron chi connectivity index (χ3n) is 3.00. The number of hydrogen-bond acceptors (Lipinski definition) is 4. The monoisotopic (exact) mass is 265 g/mol. The summed E-state index contributed by atoms with van der Waals surface area (Å²) < 4.78 is 1.69. The first kappa shape index (κ1) is 12.3. The van der Waals surface area contributed by atoms with Crippen LogP contribution in [0.4, 0.5) is 5.95 Å². The molecule has 0 saturated carbocycles. The summed E-state index contributed by atoms with van der Waals surface area (Å²) in [6, 6.07) is 18.2. The molecule has 0 saturated heterocycles. The number of hydrogen-bond donors (Lipinski definition) is 1. The number of aromatic nitrogens is 4. The number of benzene rings is 2. The molecule has 100 valence electrons. The largest absolute Gasteiger partial charge is 0.349 e. The molecule has 0 aliphatic rings. The lowest BCUT2D eigenvalue weighted by molar-refractivity contribution is 0.789. The number of nitrogens with zero attached hydrogens (tertiary/aromatic N) is 4. The van der Waals surface area contributed by atoms with Crippen LogP contribution in [0.5, 0.6) is 0 Å². The van der Waals surface area contributed by atoms with E-state index in [1.165, 1.54) is 11.1 Å². The van der Waals surface area contributed by atoms with Gasteiger partial charge in [-0.3, -0.25) is 0 Å². The Morgan fingerprint density at radius 3 is 2.70 bits per heavy atom. The Morgan fingerprint density at radius 2 is 1.90 bits per heavy atom. The highest BCUT2D eigenvalue weighted by molar-refractivity contribution is 5.39.